The summed E-state index contributed by atoms with van der Waals surface area (Å²) in [5, 5.41) is 20.7. The lowest BCUT2D eigenvalue weighted by molar-refractivity contribution is 0.477. The van der Waals surface area contributed by atoms with Gasteiger partial charge < -0.3 is 10.2 Å². The van der Waals surface area contributed by atoms with E-state index in [2.05, 4.69) is 0 Å². The lowest BCUT2D eigenvalue weighted by Crippen LogP contribution is -1.91. The Hall–Kier alpha value is -3.49. The molecule has 29 heavy (non-hydrogen) atoms. The van der Waals surface area contributed by atoms with Crippen molar-refractivity contribution >= 4 is 17.2 Å². The van der Waals surface area contributed by atoms with Crippen LogP contribution in [0.3, 0.4) is 0 Å². The van der Waals surface area contributed by atoms with Gasteiger partial charge in [0.1, 0.15) is 11.5 Å². The zero-order valence-corrected chi connectivity index (χ0v) is 16.3. The third-order valence-electron chi connectivity index (χ3n) is 4.89. The molecular formula is C26H19ClO2. The van der Waals surface area contributed by atoms with Crippen LogP contribution < -0.4 is 0 Å². The zero-order valence-electron chi connectivity index (χ0n) is 15.6. The molecule has 2 nitrogen and oxygen atoms in total. The van der Waals surface area contributed by atoms with Crippen molar-refractivity contribution in [2.45, 2.75) is 0 Å². The quantitative estimate of drug-likeness (QED) is 0.386. The molecule has 0 spiro atoms. The molecule has 0 bridgehead atoms. The van der Waals surface area contributed by atoms with E-state index in [-0.39, 0.29) is 11.5 Å². The molecule has 0 heterocycles. The predicted octanol–water partition coefficient (Wildman–Crippen LogP) is 7.06. The minimum absolute atomic E-state index is 0.213. The molecule has 0 saturated heterocycles. The van der Waals surface area contributed by atoms with Crippen molar-refractivity contribution in [1.82, 2.24) is 0 Å². The lowest BCUT2D eigenvalue weighted by atomic mass is 9.93. The molecule has 4 aromatic carbocycles. The van der Waals surface area contributed by atoms with Crippen molar-refractivity contribution in [3.8, 4) is 33.8 Å². The van der Waals surface area contributed by atoms with Gasteiger partial charge in [0.05, 0.1) is 0 Å². The number of benzene rings is 4. The second kappa shape index (κ2) is 8.26. The number of rotatable bonds is 4. The van der Waals surface area contributed by atoms with E-state index in [4.69, 9.17) is 11.6 Å². The molecule has 4 aromatic rings. The van der Waals surface area contributed by atoms with E-state index >= 15 is 0 Å². The zero-order chi connectivity index (χ0) is 20.2. The van der Waals surface area contributed by atoms with Gasteiger partial charge in [-0.15, -0.1) is 0 Å². The highest BCUT2D eigenvalue weighted by Gasteiger charge is 2.13. The van der Waals surface area contributed by atoms with Gasteiger partial charge in [-0.05, 0) is 46.5 Å². The third-order valence-corrected chi connectivity index (χ3v) is 5.11. The van der Waals surface area contributed by atoms with Crippen LogP contribution in [-0.2, 0) is 0 Å². The fourth-order valence-electron chi connectivity index (χ4n) is 3.40. The molecule has 0 unspecified atom stereocenters. The average Bonchev–Trinajstić information content (AvgIpc) is 2.77. The Labute approximate surface area is 175 Å². The van der Waals surface area contributed by atoms with Crippen molar-refractivity contribution in [3.63, 3.8) is 0 Å². The smallest absolute Gasteiger partial charge is 0.123 e. The topological polar surface area (TPSA) is 40.5 Å². The number of halogens is 1. The number of aromatic hydroxyl groups is 2. The van der Waals surface area contributed by atoms with Gasteiger partial charge >= 0.3 is 0 Å². The molecule has 2 N–H and O–H groups in total. The summed E-state index contributed by atoms with van der Waals surface area (Å²) in [6.07, 6.45) is 0. The SMILES string of the molecule is Oc1ccc(C(=CCl)c2ccc(O)c(-c3ccccc3)c2)cc1-c1ccccc1. The van der Waals surface area contributed by atoms with Gasteiger partial charge in [-0.2, -0.15) is 0 Å². The Morgan fingerprint density at radius 1 is 0.586 bits per heavy atom. The van der Waals surface area contributed by atoms with Crippen LogP contribution in [0.25, 0.3) is 27.8 Å². The van der Waals surface area contributed by atoms with Crippen molar-refractivity contribution < 1.29 is 10.2 Å². The Morgan fingerprint density at radius 2 is 1.00 bits per heavy atom. The Kier molecular flexibility index (Phi) is 5.37. The van der Waals surface area contributed by atoms with Gasteiger partial charge in [-0.25, -0.2) is 0 Å². The molecule has 0 aliphatic carbocycles. The van der Waals surface area contributed by atoms with Gasteiger partial charge in [0.15, 0.2) is 0 Å². The summed E-state index contributed by atoms with van der Waals surface area (Å²) < 4.78 is 0. The van der Waals surface area contributed by atoms with Crippen LogP contribution >= 0.6 is 11.6 Å². The first kappa shape index (κ1) is 18.9. The van der Waals surface area contributed by atoms with Gasteiger partial charge in [0, 0.05) is 22.2 Å². The molecule has 0 amide bonds. The maximum atomic E-state index is 10.4. The summed E-state index contributed by atoms with van der Waals surface area (Å²) in [6, 6.07) is 30.3. The van der Waals surface area contributed by atoms with Crippen molar-refractivity contribution in [2.24, 2.45) is 0 Å². The summed E-state index contributed by atoms with van der Waals surface area (Å²) >= 11 is 6.23. The highest BCUT2D eigenvalue weighted by atomic mass is 35.5. The Morgan fingerprint density at radius 3 is 1.38 bits per heavy atom. The molecule has 0 fully saturated rings. The molecule has 0 aliphatic rings. The van der Waals surface area contributed by atoms with Crippen molar-refractivity contribution in [1.29, 1.82) is 0 Å². The maximum Gasteiger partial charge on any atom is 0.123 e. The van der Waals surface area contributed by atoms with E-state index in [0.29, 0.717) is 0 Å². The standard InChI is InChI=1S/C26H19ClO2/c27-17-24(20-11-13-25(28)22(15-20)18-7-3-1-4-8-18)21-12-14-26(29)23(16-21)19-9-5-2-6-10-19/h1-17,28-29H. The number of hydrogen-bond donors (Lipinski definition) is 2. The van der Waals surface area contributed by atoms with Gasteiger partial charge in [-0.3, -0.25) is 0 Å². The summed E-state index contributed by atoms with van der Waals surface area (Å²) in [4.78, 5) is 0. The van der Waals surface area contributed by atoms with Crippen LogP contribution in [0.1, 0.15) is 11.1 Å². The fourth-order valence-corrected chi connectivity index (χ4v) is 3.65. The monoisotopic (exact) mass is 398 g/mol. The summed E-state index contributed by atoms with van der Waals surface area (Å²) in [7, 11) is 0. The van der Waals surface area contributed by atoms with Crippen LogP contribution in [0.4, 0.5) is 0 Å². The normalized spacial score (nSPS) is 10.5. The van der Waals surface area contributed by atoms with Crippen LogP contribution in [0, 0.1) is 0 Å². The highest BCUT2D eigenvalue weighted by molar-refractivity contribution is 6.29. The van der Waals surface area contributed by atoms with Crippen LogP contribution in [-0.4, -0.2) is 10.2 Å². The Bertz CT molecular complexity index is 1070. The van der Waals surface area contributed by atoms with Gasteiger partial charge in [-0.1, -0.05) is 84.4 Å². The summed E-state index contributed by atoms with van der Waals surface area (Å²) in [5.41, 5.74) is 7.42. The van der Waals surface area contributed by atoms with E-state index in [0.717, 1.165) is 39.0 Å². The van der Waals surface area contributed by atoms with E-state index in [1.165, 1.54) is 5.54 Å². The molecule has 142 valence electrons. The van der Waals surface area contributed by atoms with E-state index in [9.17, 15) is 10.2 Å². The largest absolute Gasteiger partial charge is 0.507 e. The first-order chi connectivity index (χ1) is 14.2. The molecule has 0 atom stereocenters. The predicted molar refractivity (Wildman–Crippen MR) is 120 cm³/mol. The highest BCUT2D eigenvalue weighted by Crippen LogP contribution is 2.37. The van der Waals surface area contributed by atoms with Crippen LogP contribution in [0.2, 0.25) is 0 Å². The number of phenols is 2. The van der Waals surface area contributed by atoms with Crippen molar-refractivity contribution in [2.75, 3.05) is 0 Å². The fraction of sp³-hybridized carbons (Fsp3) is 0. The summed E-state index contributed by atoms with van der Waals surface area (Å²) in [5.74, 6) is 0.425. The first-order valence-corrected chi connectivity index (χ1v) is 9.69. The summed E-state index contributed by atoms with van der Waals surface area (Å²) in [6.45, 7) is 0. The van der Waals surface area contributed by atoms with Gasteiger partial charge in [0.2, 0.25) is 0 Å². The number of hydrogen-bond acceptors (Lipinski definition) is 2. The van der Waals surface area contributed by atoms with Crippen LogP contribution in [0.5, 0.6) is 11.5 Å². The molecule has 0 aliphatic heterocycles. The second-order valence-electron chi connectivity index (χ2n) is 6.72. The molecule has 4 rings (SSSR count). The van der Waals surface area contributed by atoms with Gasteiger partial charge in [0.25, 0.3) is 0 Å². The minimum Gasteiger partial charge on any atom is -0.507 e. The molecule has 3 heteroatoms. The maximum absolute atomic E-state index is 10.4. The van der Waals surface area contributed by atoms with Crippen molar-refractivity contribution in [3.05, 3.63) is 114 Å². The Balaban J connectivity index is 1.80. The molecule has 0 radical (unpaired) electrons. The first-order valence-electron chi connectivity index (χ1n) is 9.25. The van der Waals surface area contributed by atoms with E-state index < -0.39 is 0 Å². The van der Waals surface area contributed by atoms with Crippen LogP contribution in [0.15, 0.2) is 103 Å². The average molecular weight is 399 g/mol. The molecule has 0 aromatic heterocycles. The second-order valence-corrected chi connectivity index (χ2v) is 6.94. The molecular weight excluding hydrogens is 380 g/mol. The minimum atomic E-state index is 0.213. The number of phenolic OH excluding ortho intramolecular Hbond substituents is 2. The van der Waals surface area contributed by atoms with E-state index in [1.54, 1.807) is 12.1 Å². The van der Waals surface area contributed by atoms with E-state index in [1.807, 2.05) is 84.9 Å². The molecule has 0 saturated carbocycles. The third kappa shape index (κ3) is 3.89. The lowest BCUT2D eigenvalue weighted by Gasteiger charge is -2.13.